The molecule has 0 saturated carbocycles. The molecule has 0 spiro atoms. The Bertz CT molecular complexity index is 7830. The first-order valence-electron chi connectivity index (χ1n) is 42.6. The minimum absolute atomic E-state index is 0.00401. The van der Waals surface area contributed by atoms with Crippen LogP contribution in [-0.4, -0.2) is 0 Å². The van der Waals surface area contributed by atoms with Gasteiger partial charge in [0.1, 0.15) is 28.7 Å². The maximum absolute atomic E-state index is 6.18. The number of benzene rings is 14. The minimum Gasteiger partial charge on any atom is -0.435 e. The van der Waals surface area contributed by atoms with Crippen molar-refractivity contribution >= 4 is 97.2 Å². The van der Waals surface area contributed by atoms with E-state index in [2.05, 4.69) is 384 Å². The standard InChI is InChI=1S/4C23H18NO.C19H16NO/c1-23(2)18-8-5-9-19-20(18)22-21(23)17-11-15-7-4-3-6-14(15)10-16(17)12-24(22)13-25-19;1-23(2)17-8-5-9-19-20(17)22-18(23)12-15-11-10-14-6-3-4-7-16(14)21(15)24(22)13-25-19;1-23(2)17-8-5-9-20-21(17)22-18(23)12-16-15-7-4-3-6-14(15)10-11-19(16)24(22)13-25-20;1-23(2)18-8-5-9-19-20(18)22-21(23)16-11-10-14-6-3-4-7-15(14)17(16)12-24(22)13-25-19;1-19(2)14-8-5-9-15-16(14)18-17(19)13-7-4-3-6-12(13)10-20(18)11-21-15/h4*3-12H,13H2,1-2H3;3-10H,11H2,1-2H3/q5*+1. The Morgan fingerprint density at radius 3 is 1.12 bits per heavy atom. The third kappa shape index (κ3) is 9.56. The summed E-state index contributed by atoms with van der Waals surface area (Å²) < 4.78 is 42.0. The van der Waals surface area contributed by atoms with Gasteiger partial charge in [0.05, 0.1) is 44.0 Å². The second kappa shape index (κ2) is 24.7. The SMILES string of the molecule is CC1(C)c2cccc3c2-c2c1c1cc4ccccc4cc1c[n+]2CO3.CC1(C)c2cccc3c2-c2c1c1ccc4ccccc4c1c[n+]2CO3.CC1(C)c2cccc3c2-c2c1c1ccccc1c[n+]2CO3.CC1(C)c2cccc3c2-c2c1cc1c4ccccc4ccc1[n+]2CO3.CC1(C)c2cccc3c2-c2c1cc1ccc4ccccc4c1[n+]2CO3. The van der Waals surface area contributed by atoms with Gasteiger partial charge in [0, 0.05) is 77.1 Å². The highest BCUT2D eigenvalue weighted by Crippen LogP contribution is 2.60. The zero-order valence-corrected chi connectivity index (χ0v) is 69.5. The van der Waals surface area contributed by atoms with Gasteiger partial charge in [0.2, 0.25) is 39.5 Å². The molecule has 0 bridgehead atoms. The topological polar surface area (TPSA) is 65.5 Å². The number of fused-ring (bicyclic) bond motifs is 17. The highest BCUT2D eigenvalue weighted by Gasteiger charge is 2.52. The molecule has 19 aromatic rings. The molecule has 0 radical (unpaired) electrons. The number of nitrogens with zero attached hydrogens (tertiary/aromatic N) is 5. The van der Waals surface area contributed by atoms with Gasteiger partial charge in [-0.2, -0.15) is 22.8 Å². The van der Waals surface area contributed by atoms with Crippen molar-refractivity contribution in [1.29, 1.82) is 0 Å². The van der Waals surface area contributed by atoms with Crippen molar-refractivity contribution in [3.05, 3.63) is 347 Å². The summed E-state index contributed by atoms with van der Waals surface area (Å²) in [7, 11) is 0. The first-order chi connectivity index (χ1) is 58.8. The maximum atomic E-state index is 6.18. The van der Waals surface area contributed by atoms with E-state index in [1.807, 2.05) is 0 Å². The fraction of sp³-hybridized carbons (Fsp3) is 0.180. The summed E-state index contributed by atoms with van der Waals surface area (Å²) in [5.74, 6) is 5.09. The Morgan fingerprint density at radius 2 is 0.579 bits per heavy atom. The lowest BCUT2D eigenvalue weighted by atomic mass is 9.80. The molecule has 5 aliphatic carbocycles. The fourth-order valence-corrected chi connectivity index (χ4v) is 23.1. The van der Waals surface area contributed by atoms with E-state index < -0.39 is 0 Å². The molecule has 582 valence electrons. The van der Waals surface area contributed by atoms with Crippen LogP contribution in [0, 0.1) is 0 Å². The molecule has 5 aromatic heterocycles. The van der Waals surface area contributed by atoms with Crippen LogP contribution in [0.3, 0.4) is 0 Å². The van der Waals surface area contributed by atoms with E-state index in [4.69, 9.17) is 23.7 Å². The third-order valence-corrected chi connectivity index (χ3v) is 28.9. The number of aromatic nitrogens is 5. The van der Waals surface area contributed by atoms with Crippen LogP contribution >= 0.6 is 0 Å². The van der Waals surface area contributed by atoms with Crippen LogP contribution in [0.5, 0.6) is 28.7 Å². The molecule has 5 aliphatic heterocycles. The smallest absolute Gasteiger partial charge is 0.293 e. The molecule has 10 heteroatoms. The van der Waals surface area contributed by atoms with E-state index in [1.165, 1.54) is 209 Å². The molecule has 0 saturated heterocycles. The van der Waals surface area contributed by atoms with E-state index in [9.17, 15) is 0 Å². The minimum atomic E-state index is -0.0297. The van der Waals surface area contributed by atoms with Gasteiger partial charge in [-0.3, -0.25) is 0 Å². The Morgan fingerprint density at radius 1 is 0.215 bits per heavy atom. The van der Waals surface area contributed by atoms with Gasteiger partial charge in [0.25, 0.3) is 33.7 Å². The Hall–Kier alpha value is -13.8. The van der Waals surface area contributed by atoms with E-state index in [0.717, 1.165) is 28.7 Å². The van der Waals surface area contributed by atoms with Crippen molar-refractivity contribution in [2.24, 2.45) is 0 Å². The largest absolute Gasteiger partial charge is 0.435 e. The van der Waals surface area contributed by atoms with Crippen LogP contribution in [0.25, 0.3) is 153 Å². The second-order valence-corrected chi connectivity index (χ2v) is 37.1. The third-order valence-electron chi connectivity index (χ3n) is 28.9. The molecule has 0 N–H and O–H groups in total. The summed E-state index contributed by atoms with van der Waals surface area (Å²) in [6, 6.07) is 98.5. The zero-order chi connectivity index (χ0) is 81.2. The first kappa shape index (κ1) is 70.2. The first-order valence-corrected chi connectivity index (χ1v) is 42.6. The zero-order valence-electron chi connectivity index (χ0n) is 69.5. The lowest BCUT2D eigenvalue weighted by Gasteiger charge is -2.21. The van der Waals surface area contributed by atoms with E-state index in [0.29, 0.717) is 33.7 Å². The molecule has 0 fully saturated rings. The van der Waals surface area contributed by atoms with Gasteiger partial charge in [0.15, 0.2) is 18.6 Å². The Balaban J connectivity index is 0.0000000837. The molecule has 14 aromatic carbocycles. The van der Waals surface area contributed by atoms with Crippen molar-refractivity contribution in [3.63, 3.8) is 0 Å². The van der Waals surface area contributed by atoms with Gasteiger partial charge >= 0.3 is 0 Å². The van der Waals surface area contributed by atoms with Crippen molar-refractivity contribution in [1.82, 2.24) is 0 Å². The molecule has 121 heavy (non-hydrogen) atoms. The molecule has 10 nitrogen and oxygen atoms in total. The second-order valence-electron chi connectivity index (χ2n) is 37.1. The van der Waals surface area contributed by atoms with Crippen LogP contribution in [0.1, 0.15) is 125 Å². The normalized spacial score (nSPS) is 16.2. The highest BCUT2D eigenvalue weighted by molar-refractivity contribution is 6.12. The average Bonchev–Trinajstić information content (AvgIpc) is 1.58. The van der Waals surface area contributed by atoms with Crippen LogP contribution in [0.2, 0.25) is 0 Å². The van der Waals surface area contributed by atoms with Gasteiger partial charge in [-0.25, -0.2) is 0 Å². The lowest BCUT2D eigenvalue weighted by molar-refractivity contribution is -0.716. The molecule has 29 rings (SSSR count). The number of rotatable bonds is 0. The van der Waals surface area contributed by atoms with Crippen LogP contribution < -0.4 is 46.5 Å². The maximum Gasteiger partial charge on any atom is 0.293 e. The van der Waals surface area contributed by atoms with Crippen molar-refractivity contribution in [3.8, 4) is 85.0 Å². The van der Waals surface area contributed by atoms with Crippen LogP contribution in [0.15, 0.2) is 292 Å². The molecular weight excluding hydrogens is 1480 g/mol. The van der Waals surface area contributed by atoms with Gasteiger partial charge in [-0.15, -0.1) is 0 Å². The number of ether oxygens (including phenoxy) is 5. The Labute approximate surface area is 701 Å². The number of hydrogen-bond acceptors (Lipinski definition) is 5. The molecule has 10 aliphatic rings. The molecular formula is C111H88N5O5+5. The molecule has 0 unspecified atom stereocenters. The summed E-state index contributed by atoms with van der Waals surface area (Å²) in [6.07, 6.45) is 6.74. The monoisotopic (exact) mass is 1570 g/mol. The average molecular weight is 1570 g/mol. The lowest BCUT2D eigenvalue weighted by Crippen LogP contribution is -2.43. The summed E-state index contributed by atoms with van der Waals surface area (Å²) in [6.45, 7) is 26.2. The predicted octanol–water partition coefficient (Wildman–Crippen LogP) is 23.5. The van der Waals surface area contributed by atoms with Crippen LogP contribution in [-0.2, 0) is 60.7 Å². The van der Waals surface area contributed by atoms with E-state index in [1.54, 1.807) is 0 Å². The molecule has 0 atom stereocenters. The van der Waals surface area contributed by atoms with Gasteiger partial charge < -0.3 is 23.7 Å². The summed E-state index contributed by atoms with van der Waals surface area (Å²) >= 11 is 0. The van der Waals surface area contributed by atoms with Gasteiger partial charge in [-0.05, 0) is 161 Å². The van der Waals surface area contributed by atoms with Crippen LogP contribution in [0.4, 0.5) is 0 Å². The van der Waals surface area contributed by atoms with Crippen molar-refractivity contribution < 1.29 is 46.5 Å². The fourth-order valence-electron chi connectivity index (χ4n) is 23.1. The van der Waals surface area contributed by atoms with Crippen molar-refractivity contribution in [2.75, 3.05) is 0 Å². The highest BCUT2D eigenvalue weighted by atomic mass is 16.5. The number of pyridine rings is 5. The summed E-state index contributed by atoms with van der Waals surface area (Å²) in [4.78, 5) is 0. The summed E-state index contributed by atoms with van der Waals surface area (Å²) in [5.41, 5.74) is 29.5. The van der Waals surface area contributed by atoms with E-state index >= 15 is 0 Å². The van der Waals surface area contributed by atoms with Gasteiger partial charge in [-0.1, -0.05) is 257 Å². The molecule has 0 amide bonds. The Kier molecular flexibility index (Phi) is 14.3. The summed E-state index contributed by atoms with van der Waals surface area (Å²) in [5, 5.41) is 20.9. The van der Waals surface area contributed by atoms with Crippen molar-refractivity contribution in [2.45, 2.75) is 130 Å². The quantitative estimate of drug-likeness (QED) is 0.0860. The molecule has 10 heterocycles. The predicted molar refractivity (Wildman–Crippen MR) is 482 cm³/mol. The van der Waals surface area contributed by atoms with E-state index in [-0.39, 0.29) is 27.1 Å². The number of hydrogen-bond donors (Lipinski definition) is 0.